The number of H-pyrrole nitrogens is 1. The minimum Gasteiger partial charge on any atom is -0.444 e. The molecule has 1 aromatic carbocycles. The van der Waals surface area contributed by atoms with Crippen molar-refractivity contribution >= 4 is 22.6 Å². The van der Waals surface area contributed by atoms with E-state index in [0.717, 1.165) is 30.5 Å². The highest BCUT2D eigenvalue weighted by atomic mass is 16.6. The van der Waals surface area contributed by atoms with Gasteiger partial charge in [0.15, 0.2) is 0 Å². The highest BCUT2D eigenvalue weighted by Gasteiger charge is 2.42. The van der Waals surface area contributed by atoms with Gasteiger partial charge in [-0.3, -0.25) is 4.79 Å². The summed E-state index contributed by atoms with van der Waals surface area (Å²) >= 11 is 0. The van der Waals surface area contributed by atoms with E-state index in [9.17, 15) is 9.59 Å². The van der Waals surface area contributed by atoms with Crippen LogP contribution in [0.4, 0.5) is 10.5 Å². The first-order valence-electron chi connectivity index (χ1n) is 8.59. The second-order valence-corrected chi connectivity index (χ2v) is 7.82. The highest BCUT2D eigenvalue weighted by molar-refractivity contribution is 5.84. The number of carbonyl (C=O) groups excluding carboxylic acids is 1. The molecule has 0 spiro atoms. The minimum absolute atomic E-state index is 0.0645. The van der Waals surface area contributed by atoms with Crippen LogP contribution in [0, 0.1) is 5.41 Å². The SMILES string of the molecule is CC(C)(C)OC(=O)NCC1(CNc2ccc3cc[nH]c(=O)c3c2)CC1. The first-order valence-corrected chi connectivity index (χ1v) is 8.59. The smallest absolute Gasteiger partial charge is 0.407 e. The van der Waals surface area contributed by atoms with Crippen molar-refractivity contribution in [3.05, 3.63) is 40.8 Å². The van der Waals surface area contributed by atoms with E-state index in [4.69, 9.17) is 4.74 Å². The van der Waals surface area contributed by atoms with E-state index in [1.807, 2.05) is 45.0 Å². The van der Waals surface area contributed by atoms with E-state index in [2.05, 4.69) is 15.6 Å². The van der Waals surface area contributed by atoms with Crippen LogP contribution in [0.25, 0.3) is 10.8 Å². The molecule has 1 aromatic heterocycles. The Morgan fingerprint density at radius 2 is 2.00 bits per heavy atom. The number of fused-ring (bicyclic) bond motifs is 1. The van der Waals surface area contributed by atoms with E-state index < -0.39 is 5.60 Å². The number of nitrogens with one attached hydrogen (secondary N) is 3. The number of aromatic amines is 1. The summed E-state index contributed by atoms with van der Waals surface area (Å²) in [5, 5.41) is 7.84. The Labute approximate surface area is 147 Å². The molecule has 3 rings (SSSR count). The lowest BCUT2D eigenvalue weighted by molar-refractivity contribution is 0.0517. The average molecular weight is 343 g/mol. The molecular weight excluding hydrogens is 318 g/mol. The van der Waals surface area contributed by atoms with Crippen molar-refractivity contribution < 1.29 is 9.53 Å². The Hall–Kier alpha value is -2.50. The third-order valence-corrected chi connectivity index (χ3v) is 4.41. The van der Waals surface area contributed by atoms with Gasteiger partial charge in [-0.15, -0.1) is 0 Å². The molecule has 1 aliphatic rings. The van der Waals surface area contributed by atoms with Crippen LogP contribution in [-0.4, -0.2) is 29.8 Å². The van der Waals surface area contributed by atoms with Gasteiger partial charge in [-0.1, -0.05) is 6.07 Å². The van der Waals surface area contributed by atoms with Gasteiger partial charge in [0, 0.05) is 35.8 Å². The van der Waals surface area contributed by atoms with Crippen LogP contribution >= 0.6 is 0 Å². The molecule has 25 heavy (non-hydrogen) atoms. The van der Waals surface area contributed by atoms with Gasteiger partial charge >= 0.3 is 6.09 Å². The number of carbonyl (C=O) groups is 1. The molecule has 1 saturated carbocycles. The Balaban J connectivity index is 1.57. The normalized spacial score (nSPS) is 15.6. The molecule has 6 heteroatoms. The van der Waals surface area contributed by atoms with Gasteiger partial charge in [0.2, 0.25) is 0 Å². The average Bonchev–Trinajstić information content (AvgIpc) is 3.31. The number of benzene rings is 1. The Kier molecular flexibility index (Phi) is 4.45. The van der Waals surface area contributed by atoms with Crippen LogP contribution in [0.3, 0.4) is 0 Å². The molecule has 3 N–H and O–H groups in total. The maximum Gasteiger partial charge on any atom is 0.407 e. The fourth-order valence-electron chi connectivity index (χ4n) is 2.75. The van der Waals surface area contributed by atoms with Crippen molar-refractivity contribution in [2.75, 3.05) is 18.4 Å². The fourth-order valence-corrected chi connectivity index (χ4v) is 2.75. The minimum atomic E-state index is -0.489. The van der Waals surface area contributed by atoms with Crippen LogP contribution < -0.4 is 16.2 Å². The van der Waals surface area contributed by atoms with Gasteiger partial charge in [0.05, 0.1) is 0 Å². The molecule has 1 aliphatic carbocycles. The van der Waals surface area contributed by atoms with Gasteiger partial charge in [-0.25, -0.2) is 4.79 Å². The largest absolute Gasteiger partial charge is 0.444 e. The van der Waals surface area contributed by atoms with Crippen molar-refractivity contribution in [2.45, 2.75) is 39.2 Å². The van der Waals surface area contributed by atoms with Gasteiger partial charge in [-0.05, 0) is 57.2 Å². The van der Waals surface area contributed by atoms with Crippen molar-refractivity contribution in [1.82, 2.24) is 10.3 Å². The van der Waals surface area contributed by atoms with E-state index in [1.165, 1.54) is 0 Å². The second-order valence-electron chi connectivity index (χ2n) is 7.82. The maximum atomic E-state index is 11.9. The van der Waals surface area contributed by atoms with Crippen molar-refractivity contribution in [1.29, 1.82) is 0 Å². The number of aromatic nitrogens is 1. The van der Waals surface area contributed by atoms with Crippen LogP contribution in [0.5, 0.6) is 0 Å². The second kappa shape index (κ2) is 6.43. The molecule has 134 valence electrons. The molecule has 1 heterocycles. The van der Waals surface area contributed by atoms with Gasteiger partial charge in [0.25, 0.3) is 5.56 Å². The standard InChI is InChI=1S/C19H25N3O3/c1-18(2,3)25-17(24)22-12-19(7-8-19)11-21-14-5-4-13-6-9-20-16(23)15(13)10-14/h4-6,9-10,21H,7-8,11-12H2,1-3H3,(H,20,23)(H,22,24). The number of ether oxygens (including phenoxy) is 1. The van der Waals surface area contributed by atoms with Gasteiger partial charge < -0.3 is 20.4 Å². The van der Waals surface area contributed by atoms with E-state index in [-0.39, 0.29) is 17.1 Å². The van der Waals surface area contributed by atoms with E-state index >= 15 is 0 Å². The number of pyridine rings is 1. The maximum absolute atomic E-state index is 11.9. The number of anilines is 1. The molecule has 0 atom stereocenters. The topological polar surface area (TPSA) is 83.2 Å². The lowest BCUT2D eigenvalue weighted by Gasteiger charge is -2.22. The molecule has 1 amide bonds. The molecule has 0 unspecified atom stereocenters. The summed E-state index contributed by atoms with van der Waals surface area (Å²) in [7, 11) is 0. The lowest BCUT2D eigenvalue weighted by Crippen LogP contribution is -2.37. The Bertz CT molecular complexity index is 832. The van der Waals surface area contributed by atoms with Gasteiger partial charge in [0.1, 0.15) is 5.60 Å². The molecule has 0 radical (unpaired) electrons. The monoisotopic (exact) mass is 343 g/mol. The number of rotatable bonds is 5. The fraction of sp³-hybridized carbons (Fsp3) is 0.474. The lowest BCUT2D eigenvalue weighted by atomic mass is 10.1. The van der Waals surface area contributed by atoms with Crippen molar-refractivity contribution in [3.8, 4) is 0 Å². The Morgan fingerprint density at radius 1 is 1.24 bits per heavy atom. The van der Waals surface area contributed by atoms with Crippen molar-refractivity contribution in [3.63, 3.8) is 0 Å². The van der Waals surface area contributed by atoms with Crippen molar-refractivity contribution in [2.24, 2.45) is 5.41 Å². The zero-order valence-corrected chi connectivity index (χ0v) is 14.9. The molecular formula is C19H25N3O3. The van der Waals surface area contributed by atoms with Crippen LogP contribution in [0.15, 0.2) is 35.3 Å². The quantitative estimate of drug-likeness (QED) is 0.778. The zero-order chi connectivity index (χ0) is 18.1. The Morgan fingerprint density at radius 3 is 2.68 bits per heavy atom. The molecule has 2 aromatic rings. The number of hydrogen-bond donors (Lipinski definition) is 3. The van der Waals surface area contributed by atoms with E-state index in [0.29, 0.717) is 11.9 Å². The first-order chi connectivity index (χ1) is 11.8. The number of amides is 1. The van der Waals surface area contributed by atoms with Gasteiger partial charge in [-0.2, -0.15) is 0 Å². The molecule has 0 aliphatic heterocycles. The third-order valence-electron chi connectivity index (χ3n) is 4.41. The molecule has 0 bridgehead atoms. The predicted molar refractivity (Wildman–Crippen MR) is 99.0 cm³/mol. The third kappa shape index (κ3) is 4.53. The van der Waals surface area contributed by atoms with Crippen LogP contribution in [0.1, 0.15) is 33.6 Å². The summed E-state index contributed by atoms with van der Waals surface area (Å²) in [4.78, 5) is 26.4. The summed E-state index contributed by atoms with van der Waals surface area (Å²) in [6.45, 7) is 6.88. The zero-order valence-electron chi connectivity index (χ0n) is 14.9. The molecule has 6 nitrogen and oxygen atoms in total. The summed E-state index contributed by atoms with van der Waals surface area (Å²) < 4.78 is 5.28. The predicted octanol–water partition coefficient (Wildman–Crippen LogP) is 3.24. The van der Waals surface area contributed by atoms with Crippen LogP contribution in [-0.2, 0) is 4.74 Å². The number of hydrogen-bond acceptors (Lipinski definition) is 4. The highest BCUT2D eigenvalue weighted by Crippen LogP contribution is 2.45. The summed E-state index contributed by atoms with van der Waals surface area (Å²) in [5.41, 5.74) is 0.397. The summed E-state index contributed by atoms with van der Waals surface area (Å²) in [5.74, 6) is 0. The first kappa shape index (κ1) is 17.3. The molecule has 1 fully saturated rings. The van der Waals surface area contributed by atoms with E-state index in [1.54, 1.807) is 6.20 Å². The summed E-state index contributed by atoms with van der Waals surface area (Å²) in [6.07, 6.45) is 3.39. The molecule has 0 saturated heterocycles. The van der Waals surface area contributed by atoms with Crippen LogP contribution in [0.2, 0.25) is 0 Å². The summed E-state index contributed by atoms with van der Waals surface area (Å²) in [6, 6.07) is 7.66. The number of alkyl carbamates (subject to hydrolysis) is 1.